The Balaban J connectivity index is 2.92. The number of nitrogens with one attached hydrogen (secondary N) is 1. The number of hydrogen-bond donors (Lipinski definition) is 1. The van der Waals surface area contributed by atoms with Crippen LogP contribution in [0.1, 0.15) is 0 Å². The van der Waals surface area contributed by atoms with E-state index in [2.05, 4.69) is 4.72 Å². The number of hydrogen-bond acceptors (Lipinski definition) is 3. The second-order valence-electron chi connectivity index (χ2n) is 2.65. The molecule has 15 heavy (non-hydrogen) atoms. The summed E-state index contributed by atoms with van der Waals surface area (Å²) in [7, 11) is -3.71. The zero-order valence-corrected chi connectivity index (χ0v) is 8.94. The number of nitrogens with zero attached hydrogens (tertiary/aromatic N) is 1. The Morgan fingerprint density at radius 1 is 1.53 bits per heavy atom. The molecule has 0 aliphatic carbocycles. The molecule has 80 valence electrons. The van der Waals surface area contributed by atoms with Gasteiger partial charge >= 0.3 is 0 Å². The van der Waals surface area contributed by atoms with E-state index < -0.39 is 21.6 Å². The van der Waals surface area contributed by atoms with Crippen LogP contribution in [0.25, 0.3) is 0 Å². The van der Waals surface area contributed by atoms with Crippen LogP contribution in [0.4, 0.5) is 10.1 Å². The van der Waals surface area contributed by atoms with E-state index in [9.17, 15) is 12.8 Å². The molecule has 4 nitrogen and oxygen atoms in total. The monoisotopic (exact) mass is 248 g/mol. The zero-order chi connectivity index (χ0) is 11.5. The predicted octanol–water partition coefficient (Wildman–Crippen LogP) is 1.74. The number of nitriles is 1. The van der Waals surface area contributed by atoms with Crippen LogP contribution in [0.2, 0.25) is 5.02 Å². The molecule has 0 heterocycles. The summed E-state index contributed by atoms with van der Waals surface area (Å²) in [5, 5.41) is 8.04. The number of sulfonamides is 1. The Kier molecular flexibility index (Phi) is 3.50. The molecule has 1 rings (SSSR count). The highest BCUT2D eigenvalue weighted by Gasteiger charge is 2.10. The van der Waals surface area contributed by atoms with Crippen molar-refractivity contribution >= 4 is 27.3 Å². The quantitative estimate of drug-likeness (QED) is 0.886. The lowest BCUT2D eigenvalue weighted by molar-refractivity contribution is 0.604. The molecule has 1 aromatic rings. The molecule has 0 aromatic heterocycles. The Morgan fingerprint density at radius 2 is 2.20 bits per heavy atom. The Labute approximate surface area is 91.3 Å². The summed E-state index contributed by atoms with van der Waals surface area (Å²) >= 11 is 5.44. The molecule has 1 aromatic carbocycles. The van der Waals surface area contributed by atoms with Crippen LogP contribution >= 0.6 is 11.6 Å². The molecule has 0 bridgehead atoms. The van der Waals surface area contributed by atoms with Gasteiger partial charge in [-0.25, -0.2) is 12.8 Å². The smallest absolute Gasteiger partial charge is 0.246 e. The van der Waals surface area contributed by atoms with Gasteiger partial charge in [0, 0.05) is 0 Å². The minimum Gasteiger partial charge on any atom is -0.283 e. The van der Waals surface area contributed by atoms with E-state index in [4.69, 9.17) is 16.9 Å². The van der Waals surface area contributed by atoms with Gasteiger partial charge in [-0.15, -0.1) is 0 Å². The van der Waals surface area contributed by atoms with Crippen LogP contribution in [0.15, 0.2) is 18.2 Å². The molecule has 0 fully saturated rings. The normalized spacial score (nSPS) is 10.7. The average Bonchev–Trinajstić information content (AvgIpc) is 2.10. The highest BCUT2D eigenvalue weighted by molar-refractivity contribution is 7.92. The Bertz CT molecular complexity index is 510. The van der Waals surface area contributed by atoms with Gasteiger partial charge in [-0.2, -0.15) is 5.26 Å². The van der Waals surface area contributed by atoms with Crippen molar-refractivity contribution < 1.29 is 12.8 Å². The summed E-state index contributed by atoms with van der Waals surface area (Å²) in [6.45, 7) is 0. The minimum atomic E-state index is -3.71. The second kappa shape index (κ2) is 4.47. The van der Waals surface area contributed by atoms with Crippen LogP contribution in [0.5, 0.6) is 0 Å². The van der Waals surface area contributed by atoms with Gasteiger partial charge in [0.15, 0.2) is 5.75 Å². The summed E-state index contributed by atoms with van der Waals surface area (Å²) < 4.78 is 37.1. The third kappa shape index (κ3) is 3.38. The van der Waals surface area contributed by atoms with Crippen LogP contribution in [-0.2, 0) is 10.0 Å². The second-order valence-corrected chi connectivity index (χ2v) is 4.78. The zero-order valence-electron chi connectivity index (χ0n) is 7.37. The third-order valence-corrected chi connectivity index (χ3v) is 2.79. The fraction of sp³-hybridized carbons (Fsp3) is 0.125. The maximum atomic E-state index is 12.7. The van der Waals surface area contributed by atoms with Crippen molar-refractivity contribution in [2.24, 2.45) is 0 Å². The first-order valence-electron chi connectivity index (χ1n) is 3.77. The van der Waals surface area contributed by atoms with E-state index in [1.165, 1.54) is 12.1 Å². The molecule has 0 unspecified atom stereocenters. The molecule has 0 aliphatic heterocycles. The van der Waals surface area contributed by atoms with Crippen LogP contribution in [0.3, 0.4) is 0 Å². The molecule has 0 saturated heterocycles. The number of benzene rings is 1. The summed E-state index contributed by atoms with van der Waals surface area (Å²) in [6.07, 6.45) is 0. The predicted molar refractivity (Wildman–Crippen MR) is 54.4 cm³/mol. The maximum Gasteiger partial charge on any atom is 0.246 e. The van der Waals surface area contributed by atoms with Crippen LogP contribution in [0, 0.1) is 17.1 Å². The molecule has 0 aliphatic rings. The standard InChI is InChI=1S/C8H6ClFN2O2S/c9-7-5-6(1-2-8(7)10)12-15(13,14)4-3-11/h1-2,5,12H,4H2. The first-order valence-corrected chi connectivity index (χ1v) is 5.80. The first-order chi connectivity index (χ1) is 6.94. The number of rotatable bonds is 3. The average molecular weight is 249 g/mol. The van der Waals surface area contributed by atoms with Gasteiger partial charge < -0.3 is 0 Å². The van der Waals surface area contributed by atoms with Crippen molar-refractivity contribution in [3.8, 4) is 6.07 Å². The van der Waals surface area contributed by atoms with Gasteiger partial charge in [-0.3, -0.25) is 4.72 Å². The van der Waals surface area contributed by atoms with Crippen molar-refractivity contribution in [3.05, 3.63) is 29.0 Å². The maximum absolute atomic E-state index is 12.7. The van der Waals surface area contributed by atoms with Crippen molar-refractivity contribution in [2.45, 2.75) is 0 Å². The molecule has 0 saturated carbocycles. The lowest BCUT2D eigenvalue weighted by Crippen LogP contribution is -2.15. The van der Waals surface area contributed by atoms with Gasteiger partial charge in [0.2, 0.25) is 10.0 Å². The molecular formula is C8H6ClFN2O2S. The highest BCUT2D eigenvalue weighted by atomic mass is 35.5. The fourth-order valence-electron chi connectivity index (χ4n) is 0.860. The van der Waals surface area contributed by atoms with Crippen molar-refractivity contribution in [3.63, 3.8) is 0 Å². The van der Waals surface area contributed by atoms with Gasteiger partial charge in [0.05, 0.1) is 16.8 Å². The summed E-state index contributed by atoms with van der Waals surface area (Å²) in [5.41, 5.74) is 0.122. The van der Waals surface area contributed by atoms with Crippen LogP contribution in [-0.4, -0.2) is 14.2 Å². The molecule has 0 spiro atoms. The molecule has 0 radical (unpaired) electrons. The SMILES string of the molecule is N#CCS(=O)(=O)Nc1ccc(F)c(Cl)c1. The first kappa shape index (κ1) is 11.8. The summed E-state index contributed by atoms with van der Waals surface area (Å²) in [4.78, 5) is 0. The van der Waals surface area contributed by atoms with E-state index in [1.54, 1.807) is 0 Å². The molecule has 7 heteroatoms. The number of halogens is 2. The Morgan fingerprint density at radius 3 is 2.73 bits per heavy atom. The third-order valence-electron chi connectivity index (χ3n) is 1.45. The van der Waals surface area contributed by atoms with E-state index in [-0.39, 0.29) is 10.7 Å². The van der Waals surface area contributed by atoms with Gasteiger partial charge in [-0.1, -0.05) is 11.6 Å². The molecule has 1 N–H and O–H groups in total. The summed E-state index contributed by atoms with van der Waals surface area (Å²) in [5.74, 6) is -1.30. The summed E-state index contributed by atoms with van der Waals surface area (Å²) in [6, 6.07) is 4.88. The lowest BCUT2D eigenvalue weighted by Gasteiger charge is -2.05. The molecule has 0 amide bonds. The fourth-order valence-corrected chi connectivity index (χ4v) is 1.77. The van der Waals surface area contributed by atoms with E-state index in [0.29, 0.717) is 0 Å². The van der Waals surface area contributed by atoms with Gasteiger partial charge in [-0.05, 0) is 18.2 Å². The topological polar surface area (TPSA) is 70.0 Å². The largest absolute Gasteiger partial charge is 0.283 e. The van der Waals surface area contributed by atoms with Gasteiger partial charge in [0.1, 0.15) is 5.82 Å². The van der Waals surface area contributed by atoms with Crippen LogP contribution < -0.4 is 4.72 Å². The van der Waals surface area contributed by atoms with E-state index in [1.807, 2.05) is 0 Å². The van der Waals surface area contributed by atoms with E-state index >= 15 is 0 Å². The van der Waals surface area contributed by atoms with Gasteiger partial charge in [0.25, 0.3) is 0 Å². The highest BCUT2D eigenvalue weighted by Crippen LogP contribution is 2.20. The molecule has 0 atom stereocenters. The van der Waals surface area contributed by atoms with E-state index in [0.717, 1.165) is 12.1 Å². The minimum absolute atomic E-state index is 0.122. The Hall–Kier alpha value is -1.32. The lowest BCUT2D eigenvalue weighted by atomic mass is 10.3. The number of anilines is 1. The van der Waals surface area contributed by atoms with Crippen molar-refractivity contribution in [1.29, 1.82) is 5.26 Å². The van der Waals surface area contributed by atoms with Crippen molar-refractivity contribution in [2.75, 3.05) is 10.5 Å². The molecular weight excluding hydrogens is 243 g/mol. The van der Waals surface area contributed by atoms with Crippen molar-refractivity contribution in [1.82, 2.24) is 0 Å².